The average Bonchev–Trinajstić information content (AvgIpc) is 2.51. The lowest BCUT2D eigenvalue weighted by atomic mass is 10.0. The van der Waals surface area contributed by atoms with Gasteiger partial charge in [-0.05, 0) is 41.8 Å². The fourth-order valence-corrected chi connectivity index (χ4v) is 2.28. The van der Waals surface area contributed by atoms with Crippen molar-refractivity contribution in [3.63, 3.8) is 0 Å². The van der Waals surface area contributed by atoms with Crippen LogP contribution in [0.25, 0.3) is 0 Å². The van der Waals surface area contributed by atoms with Crippen molar-refractivity contribution in [2.24, 2.45) is 0 Å². The molecule has 0 atom stereocenters. The molecule has 0 fully saturated rings. The third kappa shape index (κ3) is 5.53. The zero-order chi connectivity index (χ0) is 15.8. The number of Topliss-reactive ketones (excluding diaryl/α,β-unsaturated/α-hetero) is 1. The van der Waals surface area contributed by atoms with E-state index in [4.69, 9.17) is 16.3 Å². The van der Waals surface area contributed by atoms with Gasteiger partial charge in [-0.2, -0.15) is 0 Å². The fourth-order valence-electron chi connectivity index (χ4n) is 2.16. The van der Waals surface area contributed by atoms with Gasteiger partial charge in [0, 0.05) is 17.9 Å². The first kappa shape index (κ1) is 16.6. The van der Waals surface area contributed by atoms with Crippen LogP contribution in [0.15, 0.2) is 48.5 Å². The molecule has 2 nitrogen and oxygen atoms in total. The minimum Gasteiger partial charge on any atom is -0.494 e. The smallest absolute Gasteiger partial charge is 0.141 e. The number of carbonyl (C=O) groups excluding carboxylic acids is 1. The van der Waals surface area contributed by atoms with Gasteiger partial charge in [0.25, 0.3) is 0 Å². The normalized spacial score (nSPS) is 10.5. The summed E-state index contributed by atoms with van der Waals surface area (Å²) in [6.45, 7) is 2.88. The molecule has 0 heterocycles. The number of unbranched alkanes of at least 4 members (excludes halogenated alkanes) is 1. The number of hydrogen-bond acceptors (Lipinski definition) is 2. The predicted molar refractivity (Wildman–Crippen MR) is 90.7 cm³/mol. The minimum atomic E-state index is 0.196. The molecule has 0 spiro atoms. The van der Waals surface area contributed by atoms with Crippen LogP contribution in [0, 0.1) is 0 Å². The zero-order valence-corrected chi connectivity index (χ0v) is 13.6. The average molecular weight is 317 g/mol. The Hall–Kier alpha value is -1.80. The molecule has 2 aromatic carbocycles. The van der Waals surface area contributed by atoms with Crippen molar-refractivity contribution in [1.82, 2.24) is 0 Å². The molecular formula is C19H21ClO2. The molecule has 22 heavy (non-hydrogen) atoms. The first-order valence-corrected chi connectivity index (χ1v) is 8.03. The summed E-state index contributed by atoms with van der Waals surface area (Å²) >= 11 is 5.84. The van der Waals surface area contributed by atoms with Crippen molar-refractivity contribution in [2.45, 2.75) is 32.6 Å². The summed E-state index contributed by atoms with van der Waals surface area (Å²) in [5.74, 6) is 1.06. The van der Waals surface area contributed by atoms with Crippen molar-refractivity contribution < 1.29 is 9.53 Å². The first-order valence-electron chi connectivity index (χ1n) is 7.65. The van der Waals surface area contributed by atoms with E-state index >= 15 is 0 Å². The Kier molecular flexibility index (Phi) is 6.47. The van der Waals surface area contributed by atoms with E-state index in [0.29, 0.717) is 17.9 Å². The summed E-state index contributed by atoms with van der Waals surface area (Å²) in [6, 6.07) is 15.2. The van der Waals surface area contributed by atoms with E-state index in [1.165, 1.54) is 0 Å². The largest absolute Gasteiger partial charge is 0.494 e. The first-order chi connectivity index (χ1) is 10.7. The van der Waals surface area contributed by atoms with E-state index in [1.807, 2.05) is 48.5 Å². The highest BCUT2D eigenvalue weighted by Crippen LogP contribution is 2.15. The topological polar surface area (TPSA) is 26.3 Å². The lowest BCUT2D eigenvalue weighted by molar-refractivity contribution is -0.117. The predicted octanol–water partition coefficient (Wildman–Crippen LogP) is 4.87. The quantitative estimate of drug-likeness (QED) is 0.649. The lowest BCUT2D eigenvalue weighted by Gasteiger charge is -2.06. The molecule has 2 aromatic rings. The highest BCUT2D eigenvalue weighted by atomic mass is 35.5. The molecule has 0 aliphatic carbocycles. The highest BCUT2D eigenvalue weighted by molar-refractivity contribution is 6.30. The molecule has 0 aromatic heterocycles. The van der Waals surface area contributed by atoms with Crippen LogP contribution >= 0.6 is 11.6 Å². The summed E-state index contributed by atoms with van der Waals surface area (Å²) in [5, 5.41) is 0.690. The fraction of sp³-hybridized carbons (Fsp3) is 0.316. The highest BCUT2D eigenvalue weighted by Gasteiger charge is 2.06. The van der Waals surface area contributed by atoms with E-state index < -0.39 is 0 Å². The second-order valence-corrected chi connectivity index (χ2v) is 5.80. The molecule has 2 rings (SSSR count). The van der Waals surface area contributed by atoms with Crippen molar-refractivity contribution in [3.05, 3.63) is 64.7 Å². The van der Waals surface area contributed by atoms with Gasteiger partial charge in [0.05, 0.1) is 6.61 Å². The van der Waals surface area contributed by atoms with E-state index in [-0.39, 0.29) is 5.78 Å². The molecule has 116 valence electrons. The van der Waals surface area contributed by atoms with Crippen LogP contribution < -0.4 is 4.74 Å². The van der Waals surface area contributed by atoms with E-state index in [2.05, 4.69) is 6.92 Å². The number of carbonyl (C=O) groups is 1. The number of ether oxygens (including phenoxy) is 1. The Morgan fingerprint density at radius 1 is 0.955 bits per heavy atom. The molecule has 0 N–H and O–H groups in total. The number of hydrogen-bond donors (Lipinski definition) is 0. The Bertz CT molecular complexity index is 588. The Morgan fingerprint density at radius 2 is 1.50 bits per heavy atom. The SMILES string of the molecule is CCCCOc1ccc(CC(=O)Cc2ccc(Cl)cc2)cc1. The maximum atomic E-state index is 12.1. The summed E-state index contributed by atoms with van der Waals surface area (Å²) in [7, 11) is 0. The number of rotatable bonds is 8. The van der Waals surface area contributed by atoms with Crippen molar-refractivity contribution in [3.8, 4) is 5.75 Å². The third-order valence-corrected chi connectivity index (χ3v) is 3.66. The van der Waals surface area contributed by atoms with Gasteiger partial charge in [0.2, 0.25) is 0 Å². The summed E-state index contributed by atoms with van der Waals surface area (Å²) in [6.07, 6.45) is 3.06. The van der Waals surface area contributed by atoms with Crippen LogP contribution in [-0.4, -0.2) is 12.4 Å². The summed E-state index contributed by atoms with van der Waals surface area (Å²) in [5.41, 5.74) is 2.01. The van der Waals surface area contributed by atoms with Gasteiger partial charge in [-0.15, -0.1) is 0 Å². The molecule has 0 bridgehead atoms. The molecule has 0 aliphatic heterocycles. The van der Waals surface area contributed by atoms with Crippen molar-refractivity contribution in [2.75, 3.05) is 6.61 Å². The second-order valence-electron chi connectivity index (χ2n) is 5.36. The Balaban J connectivity index is 1.84. The Morgan fingerprint density at radius 3 is 2.05 bits per heavy atom. The molecule has 0 saturated heterocycles. The van der Waals surface area contributed by atoms with Crippen LogP contribution in [0.1, 0.15) is 30.9 Å². The van der Waals surface area contributed by atoms with Crippen molar-refractivity contribution >= 4 is 17.4 Å². The molecular weight excluding hydrogens is 296 g/mol. The van der Waals surface area contributed by atoms with Crippen molar-refractivity contribution in [1.29, 1.82) is 0 Å². The van der Waals surface area contributed by atoms with Gasteiger partial charge in [-0.3, -0.25) is 4.79 Å². The molecule has 0 amide bonds. The maximum Gasteiger partial charge on any atom is 0.141 e. The van der Waals surface area contributed by atoms with E-state index in [1.54, 1.807) is 0 Å². The lowest BCUT2D eigenvalue weighted by Crippen LogP contribution is -2.06. The van der Waals surface area contributed by atoms with E-state index in [0.717, 1.165) is 36.3 Å². The number of halogens is 1. The number of benzene rings is 2. The second kappa shape index (κ2) is 8.60. The van der Waals surface area contributed by atoms with Crippen LogP contribution in [0.3, 0.4) is 0 Å². The molecule has 3 heteroatoms. The molecule has 0 aliphatic rings. The van der Waals surface area contributed by atoms with Gasteiger partial charge < -0.3 is 4.74 Å². The van der Waals surface area contributed by atoms with Gasteiger partial charge in [-0.25, -0.2) is 0 Å². The van der Waals surface area contributed by atoms with Crippen LogP contribution in [0.2, 0.25) is 5.02 Å². The number of ketones is 1. The molecule has 0 saturated carbocycles. The van der Waals surface area contributed by atoms with E-state index in [9.17, 15) is 4.79 Å². The van der Waals surface area contributed by atoms with Crippen LogP contribution in [-0.2, 0) is 17.6 Å². The monoisotopic (exact) mass is 316 g/mol. The van der Waals surface area contributed by atoms with Crippen LogP contribution in [0.4, 0.5) is 0 Å². The van der Waals surface area contributed by atoms with Crippen LogP contribution in [0.5, 0.6) is 5.75 Å². The maximum absolute atomic E-state index is 12.1. The molecule has 0 unspecified atom stereocenters. The summed E-state index contributed by atoms with van der Waals surface area (Å²) < 4.78 is 5.62. The van der Waals surface area contributed by atoms with Gasteiger partial charge in [-0.1, -0.05) is 49.2 Å². The van der Waals surface area contributed by atoms with Gasteiger partial charge in [0.15, 0.2) is 0 Å². The van der Waals surface area contributed by atoms with Gasteiger partial charge in [0.1, 0.15) is 11.5 Å². The zero-order valence-electron chi connectivity index (χ0n) is 12.8. The Labute approximate surface area is 137 Å². The minimum absolute atomic E-state index is 0.196. The van der Waals surface area contributed by atoms with Gasteiger partial charge >= 0.3 is 0 Å². The third-order valence-electron chi connectivity index (χ3n) is 3.41. The summed E-state index contributed by atoms with van der Waals surface area (Å²) in [4.78, 5) is 12.1. The standard InChI is InChI=1S/C19H21ClO2/c1-2-3-12-22-19-10-6-16(7-11-19)14-18(21)13-15-4-8-17(20)9-5-15/h4-11H,2-3,12-14H2,1H3. The molecule has 0 radical (unpaired) electrons.